The molecule has 2 aromatic rings. The zero-order chi connectivity index (χ0) is 26.3. The molecule has 0 bridgehead atoms. The van der Waals surface area contributed by atoms with Crippen molar-refractivity contribution < 1.29 is 71.6 Å². The van der Waals surface area contributed by atoms with Gasteiger partial charge in [0.15, 0.2) is 23.0 Å². The van der Waals surface area contributed by atoms with Crippen molar-refractivity contribution in [1.82, 2.24) is 0 Å². The van der Waals surface area contributed by atoms with Gasteiger partial charge in [0.2, 0.25) is 0 Å². The molecule has 0 fully saturated rings. The predicted molar refractivity (Wildman–Crippen MR) is 87.4 cm³/mol. The average Bonchev–Trinajstić information content (AvgIpc) is 2.58. The molecule has 0 aliphatic rings. The van der Waals surface area contributed by atoms with E-state index in [0.717, 1.165) is 0 Å². The second-order valence-electron chi connectivity index (χ2n) is 5.91. The largest absolute Gasteiger partial charge is 0.573 e. The highest BCUT2D eigenvalue weighted by molar-refractivity contribution is 5.86. The summed E-state index contributed by atoms with van der Waals surface area (Å²) < 4.78 is 168. The molecule has 0 unspecified atom stereocenters. The van der Waals surface area contributed by atoms with Gasteiger partial charge < -0.3 is 30.4 Å². The van der Waals surface area contributed by atoms with Crippen molar-refractivity contribution in [2.45, 2.75) is 25.4 Å². The molecular weight excluding hydrogens is 512 g/mol. The number of nitrogen functional groups attached to an aromatic ring is 2. The van der Waals surface area contributed by atoms with Crippen LogP contribution in [0.1, 0.15) is 0 Å². The first-order valence-corrected chi connectivity index (χ1v) is 8.05. The summed E-state index contributed by atoms with van der Waals surface area (Å²) in [6, 6.07) is 1.73. The van der Waals surface area contributed by atoms with Gasteiger partial charge in [-0.15, -0.1) is 52.7 Å². The van der Waals surface area contributed by atoms with E-state index in [9.17, 15) is 52.7 Å². The Hall–Kier alpha value is -3.60. The lowest BCUT2D eigenvalue weighted by atomic mass is 10.0. The highest BCUT2D eigenvalue weighted by Gasteiger charge is 2.42. The topological polar surface area (TPSA) is 89.0 Å². The lowest BCUT2D eigenvalue weighted by Gasteiger charge is -2.23. The van der Waals surface area contributed by atoms with Gasteiger partial charge in [0.1, 0.15) is 0 Å². The number of hydrogen-bond acceptors (Lipinski definition) is 6. The SMILES string of the molecule is Nc1ccc(-c2ccc(N)c(OC(F)(F)F)c2OC(F)(F)F)c(OC(F)(F)F)c1OC(F)(F)F. The van der Waals surface area contributed by atoms with Gasteiger partial charge in [0, 0.05) is 11.1 Å². The van der Waals surface area contributed by atoms with E-state index in [2.05, 4.69) is 18.9 Å². The predicted octanol–water partition coefficient (Wildman–Crippen LogP) is 6.11. The third kappa shape index (κ3) is 7.20. The summed E-state index contributed by atoms with van der Waals surface area (Å²) in [5, 5.41) is 0. The van der Waals surface area contributed by atoms with E-state index in [0.29, 0.717) is 24.3 Å². The van der Waals surface area contributed by atoms with E-state index < -0.39 is 70.9 Å². The highest BCUT2D eigenvalue weighted by atomic mass is 19.4. The quantitative estimate of drug-likeness (QED) is 0.365. The second kappa shape index (κ2) is 8.64. The van der Waals surface area contributed by atoms with Gasteiger partial charge in [-0.2, -0.15) is 0 Å². The summed E-state index contributed by atoms with van der Waals surface area (Å²) in [6.45, 7) is 0. The van der Waals surface area contributed by atoms with Crippen LogP contribution >= 0.6 is 0 Å². The number of nitrogens with two attached hydrogens (primary N) is 2. The van der Waals surface area contributed by atoms with Crippen LogP contribution in [-0.4, -0.2) is 25.4 Å². The maximum Gasteiger partial charge on any atom is 0.573 e. The second-order valence-corrected chi connectivity index (χ2v) is 5.91. The molecule has 0 atom stereocenters. The third-order valence-corrected chi connectivity index (χ3v) is 3.45. The van der Waals surface area contributed by atoms with E-state index in [1.54, 1.807) is 0 Å². The van der Waals surface area contributed by atoms with Crippen molar-refractivity contribution in [2.75, 3.05) is 11.5 Å². The molecule has 0 aliphatic carbocycles. The van der Waals surface area contributed by atoms with Gasteiger partial charge >= 0.3 is 25.4 Å². The number of hydrogen-bond donors (Lipinski definition) is 2. The van der Waals surface area contributed by atoms with Crippen molar-refractivity contribution in [3.63, 3.8) is 0 Å². The molecule has 0 amide bonds. The first-order valence-electron chi connectivity index (χ1n) is 8.05. The molecule has 34 heavy (non-hydrogen) atoms. The molecule has 18 heteroatoms. The van der Waals surface area contributed by atoms with Gasteiger partial charge in [0.25, 0.3) is 0 Å². The average molecular weight is 520 g/mol. The summed E-state index contributed by atoms with van der Waals surface area (Å²) in [4.78, 5) is 0. The minimum atomic E-state index is -5.77. The molecule has 0 aromatic heterocycles. The molecular formula is C16H8F12N2O4. The van der Waals surface area contributed by atoms with Crippen molar-refractivity contribution in [3.05, 3.63) is 24.3 Å². The van der Waals surface area contributed by atoms with Crippen LogP contribution in [-0.2, 0) is 0 Å². The van der Waals surface area contributed by atoms with Gasteiger partial charge in [-0.25, -0.2) is 0 Å². The number of rotatable bonds is 5. The van der Waals surface area contributed by atoms with Crippen molar-refractivity contribution in [2.24, 2.45) is 0 Å². The Labute approximate surface area is 179 Å². The molecule has 4 N–H and O–H groups in total. The normalized spacial score (nSPS) is 12.9. The van der Waals surface area contributed by atoms with E-state index in [-0.39, 0.29) is 0 Å². The lowest BCUT2D eigenvalue weighted by Crippen LogP contribution is -2.23. The zero-order valence-corrected chi connectivity index (χ0v) is 15.6. The number of anilines is 2. The summed E-state index contributed by atoms with van der Waals surface area (Å²) in [6.07, 6.45) is -22.9. The smallest absolute Gasteiger partial charge is 0.401 e. The highest BCUT2D eigenvalue weighted by Crippen LogP contribution is 2.52. The standard InChI is InChI=1S/C16H8F12N2O4/c17-13(18,19)31-9-5(1-3-7(29)11(9)33-15(23,24)25)6-2-4-8(30)12(34-16(26,27)28)10(6)32-14(20,21)22/h1-4H,29-30H2. The fourth-order valence-corrected chi connectivity index (χ4v) is 2.46. The molecule has 2 rings (SSSR count). The van der Waals surface area contributed by atoms with E-state index in [4.69, 9.17) is 11.5 Å². The van der Waals surface area contributed by atoms with Gasteiger partial charge in [-0.3, -0.25) is 0 Å². The minimum absolute atomic E-state index is 0.408. The van der Waals surface area contributed by atoms with Gasteiger partial charge in [-0.1, -0.05) is 0 Å². The maximum absolute atomic E-state index is 12.9. The van der Waals surface area contributed by atoms with E-state index >= 15 is 0 Å². The van der Waals surface area contributed by atoms with Crippen molar-refractivity contribution in [1.29, 1.82) is 0 Å². The Balaban J connectivity index is 2.94. The van der Waals surface area contributed by atoms with E-state index in [1.807, 2.05) is 0 Å². The molecule has 6 nitrogen and oxygen atoms in total. The molecule has 0 spiro atoms. The summed E-state index contributed by atoms with van der Waals surface area (Å²) in [5.74, 6) is -7.59. The van der Waals surface area contributed by atoms with Crippen LogP contribution in [0.3, 0.4) is 0 Å². The summed E-state index contributed by atoms with van der Waals surface area (Å²) >= 11 is 0. The number of halogens is 12. The van der Waals surface area contributed by atoms with Gasteiger partial charge in [0.05, 0.1) is 11.4 Å². The zero-order valence-electron chi connectivity index (χ0n) is 15.6. The molecule has 2 aromatic carbocycles. The maximum atomic E-state index is 12.9. The monoisotopic (exact) mass is 520 g/mol. The molecule has 0 saturated carbocycles. The fourth-order valence-electron chi connectivity index (χ4n) is 2.46. The fraction of sp³-hybridized carbons (Fsp3) is 0.250. The Morgan fingerprint density at radius 1 is 0.412 bits per heavy atom. The minimum Gasteiger partial charge on any atom is -0.401 e. The first-order chi connectivity index (χ1) is 15.2. The Morgan fingerprint density at radius 3 is 0.882 bits per heavy atom. The van der Waals surface area contributed by atoms with Crippen LogP contribution in [0.15, 0.2) is 24.3 Å². The van der Waals surface area contributed by atoms with Crippen molar-refractivity contribution in [3.8, 4) is 34.1 Å². The van der Waals surface area contributed by atoms with E-state index in [1.165, 1.54) is 0 Å². The van der Waals surface area contributed by atoms with Crippen molar-refractivity contribution >= 4 is 11.4 Å². The number of alkyl halides is 12. The van der Waals surface area contributed by atoms with Crippen LogP contribution in [0.4, 0.5) is 64.1 Å². The van der Waals surface area contributed by atoms with Crippen LogP contribution < -0.4 is 30.4 Å². The van der Waals surface area contributed by atoms with Gasteiger partial charge in [-0.05, 0) is 24.3 Å². The third-order valence-electron chi connectivity index (χ3n) is 3.45. The van der Waals surface area contributed by atoms with Crippen LogP contribution in [0.25, 0.3) is 11.1 Å². The van der Waals surface area contributed by atoms with Crippen LogP contribution in [0.2, 0.25) is 0 Å². The molecule has 0 heterocycles. The van der Waals surface area contributed by atoms with Crippen LogP contribution in [0, 0.1) is 0 Å². The molecule has 190 valence electrons. The molecule has 0 saturated heterocycles. The first kappa shape index (κ1) is 26.7. The Kier molecular flexibility index (Phi) is 6.77. The molecule has 0 radical (unpaired) electrons. The van der Waals surface area contributed by atoms with Crippen LogP contribution in [0.5, 0.6) is 23.0 Å². The number of benzene rings is 2. The number of ether oxygens (including phenoxy) is 4. The Morgan fingerprint density at radius 2 is 0.647 bits per heavy atom. The summed E-state index contributed by atoms with van der Waals surface area (Å²) in [7, 11) is 0. The molecule has 0 aliphatic heterocycles. The summed E-state index contributed by atoms with van der Waals surface area (Å²) in [5.41, 5.74) is 5.52. The lowest BCUT2D eigenvalue weighted by molar-refractivity contribution is -0.287. The Bertz CT molecular complexity index is 961.